The summed E-state index contributed by atoms with van der Waals surface area (Å²) in [6, 6.07) is 0. The van der Waals surface area contributed by atoms with E-state index in [0.29, 0.717) is 19.6 Å². The van der Waals surface area contributed by atoms with Gasteiger partial charge in [-0.3, -0.25) is 4.79 Å². The molecular weight excluding hydrogens is 180 g/mol. The summed E-state index contributed by atoms with van der Waals surface area (Å²) in [5.74, 6) is 0.0800. The molecule has 1 aromatic rings. The molecule has 0 fully saturated rings. The molecule has 1 amide bonds. The summed E-state index contributed by atoms with van der Waals surface area (Å²) in [7, 11) is 1.79. The maximum atomic E-state index is 11.6. The van der Waals surface area contributed by atoms with Crippen molar-refractivity contribution < 1.29 is 4.79 Å². The van der Waals surface area contributed by atoms with E-state index in [1.165, 1.54) is 0 Å². The zero-order valence-electron chi connectivity index (χ0n) is 8.39. The highest BCUT2D eigenvalue weighted by Gasteiger charge is 2.07. The Morgan fingerprint density at radius 1 is 1.64 bits per heavy atom. The van der Waals surface area contributed by atoms with Gasteiger partial charge in [0.1, 0.15) is 6.54 Å². The Kier molecular flexibility index (Phi) is 4.12. The molecule has 2 N–H and O–H groups in total. The topological polar surface area (TPSA) is 64.2 Å². The Bertz CT molecular complexity index is 270. The molecule has 0 aliphatic carbocycles. The molecule has 0 aliphatic rings. The first-order chi connectivity index (χ1) is 6.74. The van der Waals surface area contributed by atoms with Crippen LogP contribution in [-0.2, 0) is 11.3 Å². The monoisotopic (exact) mass is 196 g/mol. The van der Waals surface area contributed by atoms with E-state index in [0.717, 1.165) is 6.42 Å². The van der Waals surface area contributed by atoms with Crippen LogP contribution >= 0.6 is 0 Å². The van der Waals surface area contributed by atoms with Crippen LogP contribution in [0, 0.1) is 0 Å². The first-order valence-electron chi connectivity index (χ1n) is 4.64. The van der Waals surface area contributed by atoms with E-state index in [2.05, 4.69) is 4.98 Å². The fourth-order valence-corrected chi connectivity index (χ4v) is 1.11. The second-order valence-corrected chi connectivity index (χ2v) is 3.19. The third-order valence-electron chi connectivity index (χ3n) is 2.00. The lowest BCUT2D eigenvalue weighted by Gasteiger charge is -2.16. The highest BCUT2D eigenvalue weighted by Crippen LogP contribution is 1.92. The normalized spacial score (nSPS) is 10.1. The summed E-state index contributed by atoms with van der Waals surface area (Å²) in [4.78, 5) is 17.1. The SMILES string of the molecule is CN(CCCN)C(=O)Cn1ccnc1. The summed E-state index contributed by atoms with van der Waals surface area (Å²) in [6.45, 7) is 1.67. The van der Waals surface area contributed by atoms with Crippen LogP contribution in [0.25, 0.3) is 0 Å². The van der Waals surface area contributed by atoms with E-state index in [-0.39, 0.29) is 5.91 Å². The van der Waals surface area contributed by atoms with Crippen LogP contribution in [0.15, 0.2) is 18.7 Å². The van der Waals surface area contributed by atoms with Crippen molar-refractivity contribution >= 4 is 5.91 Å². The van der Waals surface area contributed by atoms with Gasteiger partial charge in [0.15, 0.2) is 0 Å². The Morgan fingerprint density at radius 2 is 2.43 bits per heavy atom. The molecule has 5 heteroatoms. The average molecular weight is 196 g/mol. The van der Waals surface area contributed by atoms with Crippen LogP contribution in [0.4, 0.5) is 0 Å². The zero-order chi connectivity index (χ0) is 10.4. The predicted octanol–water partition coefficient (Wildman–Crippen LogP) is -0.310. The van der Waals surface area contributed by atoms with Crippen molar-refractivity contribution in [2.24, 2.45) is 5.73 Å². The third-order valence-corrected chi connectivity index (χ3v) is 2.00. The summed E-state index contributed by atoms with van der Waals surface area (Å²) in [5, 5.41) is 0. The number of carbonyl (C=O) groups excluding carboxylic acids is 1. The lowest BCUT2D eigenvalue weighted by molar-refractivity contribution is -0.130. The van der Waals surface area contributed by atoms with Crippen molar-refractivity contribution in [2.45, 2.75) is 13.0 Å². The van der Waals surface area contributed by atoms with Gasteiger partial charge in [0.2, 0.25) is 5.91 Å². The van der Waals surface area contributed by atoms with Crippen molar-refractivity contribution in [3.63, 3.8) is 0 Å². The van der Waals surface area contributed by atoms with E-state index < -0.39 is 0 Å². The standard InChI is InChI=1S/C9H16N4O/c1-12(5-2-3-10)9(14)7-13-6-4-11-8-13/h4,6,8H,2-3,5,7,10H2,1H3. The number of hydrogen-bond donors (Lipinski definition) is 1. The molecule has 0 unspecified atom stereocenters. The van der Waals surface area contributed by atoms with Crippen molar-refractivity contribution in [1.29, 1.82) is 0 Å². The molecule has 0 aromatic carbocycles. The van der Waals surface area contributed by atoms with E-state index in [4.69, 9.17) is 5.73 Å². The first kappa shape index (κ1) is 10.7. The number of hydrogen-bond acceptors (Lipinski definition) is 3. The number of nitrogens with two attached hydrogens (primary N) is 1. The molecule has 0 saturated carbocycles. The smallest absolute Gasteiger partial charge is 0.242 e. The third kappa shape index (κ3) is 3.18. The maximum absolute atomic E-state index is 11.6. The average Bonchev–Trinajstić information content (AvgIpc) is 2.66. The van der Waals surface area contributed by atoms with Crippen LogP contribution in [0.2, 0.25) is 0 Å². The molecule has 0 bridgehead atoms. The second-order valence-electron chi connectivity index (χ2n) is 3.19. The zero-order valence-corrected chi connectivity index (χ0v) is 8.39. The van der Waals surface area contributed by atoms with Gasteiger partial charge in [-0.05, 0) is 13.0 Å². The van der Waals surface area contributed by atoms with Gasteiger partial charge in [0, 0.05) is 26.0 Å². The molecular formula is C9H16N4O. The highest BCUT2D eigenvalue weighted by molar-refractivity contribution is 5.75. The number of rotatable bonds is 5. The van der Waals surface area contributed by atoms with E-state index in [1.54, 1.807) is 35.2 Å². The fraction of sp³-hybridized carbons (Fsp3) is 0.556. The first-order valence-corrected chi connectivity index (χ1v) is 4.64. The van der Waals surface area contributed by atoms with Gasteiger partial charge in [-0.25, -0.2) is 4.98 Å². The number of nitrogens with zero attached hydrogens (tertiary/aromatic N) is 3. The second kappa shape index (κ2) is 5.39. The van der Waals surface area contributed by atoms with Crippen LogP contribution < -0.4 is 5.73 Å². The quantitative estimate of drug-likeness (QED) is 0.702. The number of aromatic nitrogens is 2. The van der Waals surface area contributed by atoms with Crippen molar-refractivity contribution in [1.82, 2.24) is 14.5 Å². The van der Waals surface area contributed by atoms with Gasteiger partial charge in [-0.2, -0.15) is 0 Å². The lowest BCUT2D eigenvalue weighted by atomic mass is 10.4. The van der Waals surface area contributed by atoms with Gasteiger partial charge >= 0.3 is 0 Å². The summed E-state index contributed by atoms with van der Waals surface area (Å²) < 4.78 is 1.75. The predicted molar refractivity (Wildman–Crippen MR) is 53.5 cm³/mol. The van der Waals surface area contributed by atoms with Crippen molar-refractivity contribution in [3.05, 3.63) is 18.7 Å². The molecule has 0 aliphatic heterocycles. The molecule has 1 heterocycles. The van der Waals surface area contributed by atoms with Gasteiger partial charge in [0.25, 0.3) is 0 Å². The minimum absolute atomic E-state index is 0.0800. The van der Waals surface area contributed by atoms with Crippen LogP contribution in [0.5, 0.6) is 0 Å². The molecule has 78 valence electrons. The maximum Gasteiger partial charge on any atom is 0.242 e. The van der Waals surface area contributed by atoms with E-state index in [1.807, 2.05) is 0 Å². The van der Waals surface area contributed by atoms with Gasteiger partial charge in [0.05, 0.1) is 6.33 Å². The van der Waals surface area contributed by atoms with Gasteiger partial charge < -0.3 is 15.2 Å². The molecule has 0 atom stereocenters. The van der Waals surface area contributed by atoms with Gasteiger partial charge in [-0.15, -0.1) is 0 Å². The van der Waals surface area contributed by atoms with Crippen LogP contribution in [-0.4, -0.2) is 40.5 Å². The van der Waals surface area contributed by atoms with E-state index >= 15 is 0 Å². The fourth-order valence-electron chi connectivity index (χ4n) is 1.11. The summed E-state index contributed by atoms with van der Waals surface area (Å²) in [6.07, 6.45) is 5.91. The summed E-state index contributed by atoms with van der Waals surface area (Å²) in [5.41, 5.74) is 5.36. The Hall–Kier alpha value is -1.36. The summed E-state index contributed by atoms with van der Waals surface area (Å²) >= 11 is 0. The van der Waals surface area contributed by atoms with Gasteiger partial charge in [-0.1, -0.05) is 0 Å². The minimum Gasteiger partial charge on any atom is -0.344 e. The molecule has 5 nitrogen and oxygen atoms in total. The minimum atomic E-state index is 0.0800. The molecule has 0 radical (unpaired) electrons. The molecule has 0 spiro atoms. The molecule has 1 aromatic heterocycles. The Balaban J connectivity index is 2.34. The van der Waals surface area contributed by atoms with Crippen molar-refractivity contribution in [3.8, 4) is 0 Å². The number of imidazole rings is 1. The van der Waals surface area contributed by atoms with Crippen LogP contribution in [0.1, 0.15) is 6.42 Å². The molecule has 0 saturated heterocycles. The van der Waals surface area contributed by atoms with Crippen molar-refractivity contribution in [2.75, 3.05) is 20.1 Å². The lowest BCUT2D eigenvalue weighted by Crippen LogP contribution is -2.31. The largest absolute Gasteiger partial charge is 0.344 e. The number of likely N-dealkylation sites (N-methyl/N-ethyl adjacent to an activating group) is 1. The highest BCUT2D eigenvalue weighted by atomic mass is 16.2. The van der Waals surface area contributed by atoms with E-state index in [9.17, 15) is 4.79 Å². The number of amides is 1. The van der Waals surface area contributed by atoms with Crippen LogP contribution in [0.3, 0.4) is 0 Å². The molecule has 1 rings (SSSR count). The Labute approximate surface area is 83.5 Å². The molecule has 14 heavy (non-hydrogen) atoms. The number of carbonyl (C=O) groups is 1. The Morgan fingerprint density at radius 3 is 3.00 bits per heavy atom.